The van der Waals surface area contributed by atoms with Crippen LogP contribution in [0, 0.1) is 11.8 Å². The molecule has 0 bridgehead atoms. The first kappa shape index (κ1) is 15.1. The summed E-state index contributed by atoms with van der Waals surface area (Å²) in [5.74, 6) is 1.39. The van der Waals surface area contributed by atoms with Gasteiger partial charge in [-0.2, -0.15) is 0 Å². The lowest BCUT2D eigenvalue weighted by Crippen LogP contribution is -2.21. The molecule has 1 aliphatic rings. The number of benzene rings is 1. The average Bonchev–Trinajstić information content (AvgIpc) is 2.36. The van der Waals surface area contributed by atoms with Crippen molar-refractivity contribution in [2.45, 2.75) is 37.5 Å². The van der Waals surface area contributed by atoms with Crippen LogP contribution in [0.15, 0.2) is 23.1 Å². The van der Waals surface area contributed by atoms with E-state index in [1.54, 1.807) is 6.07 Å². The summed E-state index contributed by atoms with van der Waals surface area (Å²) in [4.78, 5) is 0.0891. The van der Waals surface area contributed by atoms with Crippen LogP contribution in [0.3, 0.4) is 0 Å². The van der Waals surface area contributed by atoms with Gasteiger partial charge in [0.2, 0.25) is 10.0 Å². The minimum atomic E-state index is -3.69. The number of nitrogens with two attached hydrogens (primary N) is 2. The lowest BCUT2D eigenvalue weighted by molar-refractivity contribution is 0.293. The van der Waals surface area contributed by atoms with Gasteiger partial charge in [-0.05, 0) is 42.9 Å². The molecule has 6 heteroatoms. The van der Waals surface area contributed by atoms with E-state index < -0.39 is 10.0 Å². The topological polar surface area (TPSA) is 98.2 Å². The van der Waals surface area contributed by atoms with Crippen LogP contribution in [-0.4, -0.2) is 15.0 Å². The second-order valence-electron chi connectivity index (χ2n) is 5.81. The van der Waals surface area contributed by atoms with Crippen LogP contribution in [0.5, 0.6) is 0 Å². The molecule has 112 valence electrons. The Kier molecular flexibility index (Phi) is 4.55. The second kappa shape index (κ2) is 6.01. The van der Waals surface area contributed by atoms with Crippen LogP contribution >= 0.6 is 0 Å². The Morgan fingerprint density at radius 3 is 2.75 bits per heavy atom. The maximum absolute atomic E-state index is 11.4. The zero-order valence-corrected chi connectivity index (χ0v) is 12.6. The van der Waals surface area contributed by atoms with Crippen molar-refractivity contribution in [3.05, 3.63) is 18.2 Å². The Morgan fingerprint density at radius 2 is 2.10 bits per heavy atom. The Labute approximate surface area is 120 Å². The minimum Gasteiger partial charge on any atom is -0.397 e. The van der Waals surface area contributed by atoms with Crippen molar-refractivity contribution in [2.24, 2.45) is 17.0 Å². The Morgan fingerprint density at radius 1 is 1.35 bits per heavy atom. The largest absolute Gasteiger partial charge is 0.397 e. The van der Waals surface area contributed by atoms with E-state index in [-0.39, 0.29) is 4.90 Å². The predicted molar refractivity (Wildman–Crippen MR) is 81.8 cm³/mol. The van der Waals surface area contributed by atoms with Gasteiger partial charge < -0.3 is 11.1 Å². The van der Waals surface area contributed by atoms with Crippen molar-refractivity contribution < 1.29 is 8.42 Å². The number of anilines is 2. The molecule has 1 aliphatic carbocycles. The highest BCUT2D eigenvalue weighted by Gasteiger charge is 2.19. The number of hydrogen-bond acceptors (Lipinski definition) is 4. The number of hydrogen-bond donors (Lipinski definition) is 3. The van der Waals surface area contributed by atoms with Gasteiger partial charge in [0.25, 0.3) is 0 Å². The first-order chi connectivity index (χ1) is 9.36. The van der Waals surface area contributed by atoms with Crippen LogP contribution in [0.2, 0.25) is 0 Å². The summed E-state index contributed by atoms with van der Waals surface area (Å²) in [5.41, 5.74) is 7.07. The molecule has 1 aromatic carbocycles. The van der Waals surface area contributed by atoms with Gasteiger partial charge in [0.05, 0.1) is 16.3 Å². The summed E-state index contributed by atoms with van der Waals surface area (Å²) >= 11 is 0. The molecule has 2 unspecified atom stereocenters. The van der Waals surface area contributed by atoms with Gasteiger partial charge in [0.15, 0.2) is 0 Å². The van der Waals surface area contributed by atoms with E-state index in [1.807, 2.05) is 0 Å². The SMILES string of the molecule is CC1CCCC(CNc2cc(S(N)(=O)=O)ccc2N)C1. The standard InChI is InChI=1S/C14H23N3O2S/c1-10-3-2-4-11(7-10)9-17-14-8-12(20(16,18)19)5-6-13(14)15/h5-6,8,10-11,17H,2-4,7,9,15H2,1H3,(H2,16,18,19). The predicted octanol–water partition coefficient (Wildman–Crippen LogP) is 2.15. The van der Waals surface area contributed by atoms with Gasteiger partial charge in [0.1, 0.15) is 0 Å². The molecular weight excluding hydrogens is 274 g/mol. The van der Waals surface area contributed by atoms with E-state index in [1.165, 1.54) is 37.8 Å². The molecule has 0 aliphatic heterocycles. The molecule has 5 N–H and O–H groups in total. The molecule has 0 saturated heterocycles. The van der Waals surface area contributed by atoms with Gasteiger partial charge in [-0.15, -0.1) is 0 Å². The van der Waals surface area contributed by atoms with Crippen molar-refractivity contribution in [1.29, 1.82) is 0 Å². The van der Waals surface area contributed by atoms with Crippen molar-refractivity contribution in [3.8, 4) is 0 Å². The van der Waals surface area contributed by atoms with Crippen molar-refractivity contribution in [1.82, 2.24) is 0 Å². The fourth-order valence-corrected chi connectivity index (χ4v) is 3.40. The number of sulfonamides is 1. The van der Waals surface area contributed by atoms with E-state index in [4.69, 9.17) is 10.9 Å². The van der Waals surface area contributed by atoms with E-state index in [0.29, 0.717) is 17.3 Å². The lowest BCUT2D eigenvalue weighted by Gasteiger charge is -2.27. The minimum absolute atomic E-state index is 0.0891. The summed E-state index contributed by atoms with van der Waals surface area (Å²) in [6, 6.07) is 4.51. The highest BCUT2D eigenvalue weighted by molar-refractivity contribution is 7.89. The van der Waals surface area contributed by atoms with Gasteiger partial charge >= 0.3 is 0 Å². The first-order valence-corrected chi connectivity index (χ1v) is 8.57. The third-order valence-electron chi connectivity index (χ3n) is 3.98. The van der Waals surface area contributed by atoms with E-state index >= 15 is 0 Å². The fourth-order valence-electron chi connectivity index (χ4n) is 2.86. The lowest BCUT2D eigenvalue weighted by atomic mass is 9.82. The number of rotatable bonds is 4. The molecule has 0 spiro atoms. The molecule has 1 saturated carbocycles. The van der Waals surface area contributed by atoms with Gasteiger partial charge in [-0.3, -0.25) is 0 Å². The molecule has 0 heterocycles. The molecule has 2 atom stereocenters. The van der Waals surface area contributed by atoms with E-state index in [2.05, 4.69) is 12.2 Å². The summed E-state index contributed by atoms with van der Waals surface area (Å²) in [6.45, 7) is 3.10. The Hall–Kier alpha value is -1.27. The molecule has 20 heavy (non-hydrogen) atoms. The molecule has 5 nitrogen and oxygen atoms in total. The molecule has 0 aromatic heterocycles. The van der Waals surface area contributed by atoms with E-state index in [0.717, 1.165) is 12.5 Å². The Bertz CT molecular complexity index is 572. The van der Waals surface area contributed by atoms with Crippen LogP contribution in [-0.2, 0) is 10.0 Å². The summed E-state index contributed by atoms with van der Waals surface area (Å²) in [7, 11) is -3.69. The highest BCUT2D eigenvalue weighted by atomic mass is 32.2. The Balaban J connectivity index is 2.05. The van der Waals surface area contributed by atoms with Gasteiger partial charge in [-0.1, -0.05) is 19.8 Å². The van der Waals surface area contributed by atoms with Gasteiger partial charge in [0, 0.05) is 6.54 Å². The maximum atomic E-state index is 11.4. The smallest absolute Gasteiger partial charge is 0.238 e. The molecule has 0 amide bonds. The van der Waals surface area contributed by atoms with Crippen molar-refractivity contribution in [3.63, 3.8) is 0 Å². The highest BCUT2D eigenvalue weighted by Crippen LogP contribution is 2.29. The summed E-state index contributed by atoms with van der Waals surface area (Å²) < 4.78 is 22.7. The van der Waals surface area contributed by atoms with Crippen LogP contribution in [0.1, 0.15) is 32.6 Å². The molecule has 1 aromatic rings. The third-order valence-corrected chi connectivity index (χ3v) is 4.89. The zero-order valence-electron chi connectivity index (χ0n) is 11.8. The van der Waals surface area contributed by atoms with Crippen LogP contribution < -0.4 is 16.2 Å². The number of nitrogen functional groups attached to an aromatic ring is 1. The first-order valence-electron chi connectivity index (χ1n) is 7.02. The zero-order chi connectivity index (χ0) is 14.8. The van der Waals surface area contributed by atoms with Crippen LogP contribution in [0.4, 0.5) is 11.4 Å². The third kappa shape index (κ3) is 3.86. The molecule has 0 radical (unpaired) electrons. The fraction of sp³-hybridized carbons (Fsp3) is 0.571. The average molecular weight is 297 g/mol. The quantitative estimate of drug-likeness (QED) is 0.742. The number of primary sulfonamides is 1. The summed E-state index contributed by atoms with van der Waals surface area (Å²) in [6.07, 6.45) is 4.99. The molecule has 1 fully saturated rings. The molecule has 2 rings (SSSR count). The van der Waals surface area contributed by atoms with Crippen molar-refractivity contribution >= 4 is 21.4 Å². The normalized spacial score (nSPS) is 23.5. The van der Waals surface area contributed by atoms with Crippen LogP contribution in [0.25, 0.3) is 0 Å². The maximum Gasteiger partial charge on any atom is 0.238 e. The van der Waals surface area contributed by atoms with Gasteiger partial charge in [-0.25, -0.2) is 13.6 Å². The van der Waals surface area contributed by atoms with E-state index in [9.17, 15) is 8.42 Å². The molecular formula is C14H23N3O2S. The second-order valence-corrected chi connectivity index (χ2v) is 7.37. The summed E-state index contributed by atoms with van der Waals surface area (Å²) in [5, 5.41) is 8.41. The monoisotopic (exact) mass is 297 g/mol. The van der Waals surface area contributed by atoms with Crippen molar-refractivity contribution in [2.75, 3.05) is 17.6 Å². The number of nitrogens with one attached hydrogen (secondary N) is 1.